The van der Waals surface area contributed by atoms with Gasteiger partial charge in [-0.1, -0.05) is 0 Å². The Morgan fingerprint density at radius 2 is 1.19 bits per heavy atom. The summed E-state index contributed by atoms with van der Waals surface area (Å²) in [5, 5.41) is 45.0. The van der Waals surface area contributed by atoms with Gasteiger partial charge in [-0.2, -0.15) is 25.9 Å². The number of amidine groups is 3. The summed E-state index contributed by atoms with van der Waals surface area (Å²) < 4.78 is 11.4. The van der Waals surface area contributed by atoms with Crippen LogP contribution in [0.4, 0.5) is 0 Å². The van der Waals surface area contributed by atoms with Crippen LogP contribution < -0.4 is 48.5 Å². The van der Waals surface area contributed by atoms with Crippen LogP contribution in [-0.2, 0) is 9.59 Å². The zero-order chi connectivity index (χ0) is 40.0. The molecule has 290 valence electrons. The number of nitrogens with zero attached hydrogens (tertiary/aromatic N) is 7. The molecule has 0 bridgehead atoms. The number of benzene rings is 2. The van der Waals surface area contributed by atoms with Crippen molar-refractivity contribution in [2.75, 3.05) is 26.3 Å². The summed E-state index contributed by atoms with van der Waals surface area (Å²) in [4.78, 5) is 24.9. The number of nitrogens with one attached hydrogen (secondary N) is 3. The summed E-state index contributed by atoms with van der Waals surface area (Å²) in [6.45, 7) is 7.91. The first-order chi connectivity index (χ1) is 25.7. The van der Waals surface area contributed by atoms with E-state index in [0.717, 1.165) is 0 Å². The molecule has 0 radical (unpaired) electrons. The summed E-state index contributed by atoms with van der Waals surface area (Å²) in [6.07, 6.45) is 1.02. The second-order valence-electron chi connectivity index (χ2n) is 12.8. The van der Waals surface area contributed by atoms with E-state index in [1.165, 1.54) is 0 Å². The lowest BCUT2D eigenvalue weighted by Crippen LogP contribution is -2.32. The van der Waals surface area contributed by atoms with Gasteiger partial charge in [0.1, 0.15) is 17.3 Å². The lowest BCUT2D eigenvalue weighted by molar-refractivity contribution is -0.122. The molecule has 0 spiro atoms. The van der Waals surface area contributed by atoms with Gasteiger partial charge in [-0.3, -0.25) is 15.0 Å². The molecule has 0 fully saturated rings. The molecule has 0 aliphatic rings. The highest BCUT2D eigenvalue weighted by Gasteiger charge is 2.29. The van der Waals surface area contributed by atoms with E-state index in [-0.39, 0.29) is 49.5 Å². The van der Waals surface area contributed by atoms with E-state index < -0.39 is 11.1 Å². The fourth-order valence-electron chi connectivity index (χ4n) is 4.22. The maximum absolute atomic E-state index is 12.5. The number of azo groups is 1. The number of nitriles is 2. The van der Waals surface area contributed by atoms with Crippen LogP contribution in [0, 0.1) is 22.7 Å². The van der Waals surface area contributed by atoms with Crippen LogP contribution >= 0.6 is 0 Å². The normalized spacial score (nSPS) is 14.8. The van der Waals surface area contributed by atoms with E-state index >= 15 is 0 Å². The SMILES string of the molecule is CC(N)=NN=C(N)c1ccc(OCCCNC(=O)CCC(C)(C#N)N=NC(C)(C#N)CCC(=O)NCCCOc2ccc(/C(N)=N/NC(C)N)cc2)cc1. The van der Waals surface area contributed by atoms with Gasteiger partial charge in [0.15, 0.2) is 22.7 Å². The average molecular weight is 745 g/mol. The Kier molecular flexibility index (Phi) is 18.4. The van der Waals surface area contributed by atoms with Gasteiger partial charge in [0.25, 0.3) is 0 Å². The molecule has 2 aromatic rings. The van der Waals surface area contributed by atoms with Crippen molar-refractivity contribution in [2.24, 2.45) is 48.5 Å². The summed E-state index contributed by atoms with van der Waals surface area (Å²) in [6, 6.07) is 18.2. The lowest BCUT2D eigenvalue weighted by atomic mass is 9.97. The average Bonchev–Trinajstić information content (AvgIpc) is 3.16. The number of hydrogen-bond acceptors (Lipinski definition) is 13. The number of hydrogen-bond donors (Lipinski definition) is 7. The fraction of sp³-hybridized carbons (Fsp3) is 0.472. The monoisotopic (exact) mass is 744 g/mol. The predicted octanol–water partition coefficient (Wildman–Crippen LogP) is 2.25. The number of amides is 2. The minimum Gasteiger partial charge on any atom is -0.494 e. The van der Waals surface area contributed by atoms with Gasteiger partial charge in [0, 0.05) is 37.1 Å². The van der Waals surface area contributed by atoms with E-state index in [4.69, 9.17) is 32.4 Å². The Morgan fingerprint density at radius 1 is 0.759 bits per heavy atom. The molecular formula is C36H52N14O4. The Balaban J connectivity index is 1.68. The van der Waals surface area contributed by atoms with Crippen LogP contribution in [0.15, 0.2) is 74.1 Å². The molecule has 2 amide bonds. The molecule has 3 atom stereocenters. The van der Waals surface area contributed by atoms with Crippen molar-refractivity contribution in [3.63, 3.8) is 0 Å². The third-order valence-corrected chi connectivity index (χ3v) is 7.48. The summed E-state index contributed by atoms with van der Waals surface area (Å²) in [5.74, 6) is 1.58. The number of ether oxygens (including phenoxy) is 2. The third-order valence-electron chi connectivity index (χ3n) is 7.48. The first-order valence-electron chi connectivity index (χ1n) is 17.4. The van der Waals surface area contributed by atoms with Gasteiger partial charge in [-0.15, -0.1) is 10.2 Å². The summed E-state index contributed by atoms with van der Waals surface area (Å²) >= 11 is 0. The summed E-state index contributed by atoms with van der Waals surface area (Å²) in [7, 11) is 0. The second kappa shape index (κ2) is 22.6. The van der Waals surface area contributed by atoms with E-state index in [1.54, 1.807) is 76.2 Å². The van der Waals surface area contributed by atoms with Crippen molar-refractivity contribution in [3.05, 3.63) is 59.7 Å². The first-order valence-corrected chi connectivity index (χ1v) is 17.4. The standard InChI is InChI=1S/C36H52N14O4/c1-25(39)45-47-33(41)27-7-11-29(12-8-27)53-21-5-19-43-31(51)15-17-35(3,23-37)49-50-36(4,24-38)18-16-32(52)44-20-6-22-54-30-13-9-28(10-14-30)34(42)48-46-26(2)40/h7-14,25,45H,5-6,15-22,39H2,1-4H3,(H2,40,46)(H2,41,47)(H2,42,48)(H,43,51)(H,44,52). The smallest absolute Gasteiger partial charge is 0.220 e. The number of rotatable bonds is 23. The minimum atomic E-state index is -1.34. The molecule has 18 heteroatoms. The highest BCUT2D eigenvalue weighted by Crippen LogP contribution is 2.23. The Morgan fingerprint density at radius 3 is 1.57 bits per heavy atom. The minimum absolute atomic E-state index is 0.0264. The fourth-order valence-corrected chi connectivity index (χ4v) is 4.22. The van der Waals surface area contributed by atoms with Crippen LogP contribution in [0.5, 0.6) is 11.5 Å². The molecule has 11 N–H and O–H groups in total. The molecule has 0 aliphatic carbocycles. The number of nitrogens with two attached hydrogens (primary N) is 4. The van der Waals surface area contributed by atoms with Crippen LogP contribution in [0.1, 0.15) is 77.3 Å². The molecule has 2 rings (SSSR count). The van der Waals surface area contributed by atoms with Crippen molar-refractivity contribution in [3.8, 4) is 23.6 Å². The predicted molar refractivity (Wildman–Crippen MR) is 206 cm³/mol. The number of carbonyl (C=O) groups excluding carboxylic acids is 2. The van der Waals surface area contributed by atoms with Gasteiger partial charge >= 0.3 is 0 Å². The molecule has 0 saturated heterocycles. The summed E-state index contributed by atoms with van der Waals surface area (Å²) in [5.41, 5.74) is 24.3. The molecule has 0 saturated carbocycles. The lowest BCUT2D eigenvalue weighted by Gasteiger charge is -2.19. The Hall–Kier alpha value is -6.27. The first kappa shape index (κ1) is 43.9. The molecule has 0 heterocycles. The highest BCUT2D eigenvalue weighted by atomic mass is 16.5. The van der Waals surface area contributed by atoms with Crippen molar-refractivity contribution in [1.29, 1.82) is 10.5 Å². The molecule has 0 aliphatic heterocycles. The van der Waals surface area contributed by atoms with Gasteiger partial charge in [0.05, 0.1) is 31.5 Å². The van der Waals surface area contributed by atoms with Gasteiger partial charge in [-0.05, 0) is 102 Å². The quantitative estimate of drug-likeness (QED) is 0.0216. The number of carbonyl (C=O) groups is 2. The van der Waals surface area contributed by atoms with Crippen molar-refractivity contribution >= 4 is 29.3 Å². The molecule has 2 aromatic carbocycles. The van der Waals surface area contributed by atoms with Crippen LogP contribution in [0.3, 0.4) is 0 Å². The molecular weight excluding hydrogens is 692 g/mol. The van der Waals surface area contributed by atoms with Crippen LogP contribution in [0.2, 0.25) is 0 Å². The van der Waals surface area contributed by atoms with E-state index in [0.29, 0.717) is 73.4 Å². The van der Waals surface area contributed by atoms with Crippen LogP contribution in [0.25, 0.3) is 0 Å². The van der Waals surface area contributed by atoms with E-state index in [9.17, 15) is 20.1 Å². The van der Waals surface area contributed by atoms with Gasteiger partial charge in [-0.25, -0.2) is 0 Å². The van der Waals surface area contributed by atoms with Crippen molar-refractivity contribution < 1.29 is 19.1 Å². The van der Waals surface area contributed by atoms with E-state index in [1.807, 2.05) is 0 Å². The maximum atomic E-state index is 12.5. The Bertz CT molecular complexity index is 1710. The van der Waals surface area contributed by atoms with Crippen molar-refractivity contribution in [1.82, 2.24) is 16.1 Å². The second-order valence-corrected chi connectivity index (χ2v) is 12.8. The van der Waals surface area contributed by atoms with Gasteiger partial charge < -0.3 is 43.0 Å². The maximum Gasteiger partial charge on any atom is 0.220 e. The largest absolute Gasteiger partial charge is 0.494 e. The molecule has 54 heavy (non-hydrogen) atoms. The molecule has 3 unspecified atom stereocenters. The van der Waals surface area contributed by atoms with E-state index in [2.05, 4.69) is 53.7 Å². The molecule has 18 nitrogen and oxygen atoms in total. The van der Waals surface area contributed by atoms with Crippen molar-refractivity contribution in [2.45, 2.75) is 83.5 Å². The zero-order valence-electron chi connectivity index (χ0n) is 31.3. The topological polar surface area (TPSA) is 302 Å². The zero-order valence-corrected chi connectivity index (χ0v) is 31.3. The Labute approximate surface area is 316 Å². The number of hydrazone groups is 1. The third kappa shape index (κ3) is 17.3. The van der Waals surface area contributed by atoms with Crippen LogP contribution in [-0.4, -0.2) is 72.9 Å². The molecule has 0 aromatic heterocycles. The van der Waals surface area contributed by atoms with Gasteiger partial charge in [0.2, 0.25) is 11.8 Å². The highest BCUT2D eigenvalue weighted by molar-refractivity contribution is 5.98.